The lowest BCUT2D eigenvalue weighted by atomic mass is 10.0. The molecular weight excluding hydrogens is 442 g/mol. The van der Waals surface area contributed by atoms with Gasteiger partial charge in [0.1, 0.15) is 24.7 Å². The van der Waals surface area contributed by atoms with E-state index < -0.39 is 10.0 Å². The molecule has 1 saturated heterocycles. The third-order valence-corrected chi connectivity index (χ3v) is 7.12. The van der Waals surface area contributed by atoms with Crippen LogP contribution >= 0.6 is 0 Å². The number of rotatable bonds is 9. The number of nitrogens with zero attached hydrogens (tertiary/aromatic N) is 1. The zero-order valence-electron chi connectivity index (χ0n) is 18.1. The lowest BCUT2D eigenvalue weighted by Crippen LogP contribution is -2.40. The molecular formula is C25H25NO6S. The minimum Gasteiger partial charge on any atom is -0.490 e. The summed E-state index contributed by atoms with van der Waals surface area (Å²) in [5, 5.41) is 0. The average Bonchev–Trinajstić information content (AvgIpc) is 2.88. The molecule has 8 heteroatoms. The van der Waals surface area contributed by atoms with Crippen LogP contribution in [0.15, 0.2) is 83.8 Å². The number of carbonyl (C=O) groups is 1. The van der Waals surface area contributed by atoms with E-state index in [0.29, 0.717) is 62.1 Å². The van der Waals surface area contributed by atoms with Crippen LogP contribution in [0.2, 0.25) is 0 Å². The molecule has 0 saturated carbocycles. The fraction of sp³-hybridized carbons (Fsp3) is 0.240. The Balaban J connectivity index is 1.25. The number of hydrogen-bond donors (Lipinski definition) is 0. The molecule has 0 atom stereocenters. The van der Waals surface area contributed by atoms with Crippen molar-refractivity contribution in [1.29, 1.82) is 0 Å². The van der Waals surface area contributed by atoms with Gasteiger partial charge in [-0.3, -0.25) is 4.79 Å². The highest BCUT2D eigenvalue weighted by atomic mass is 32.2. The van der Waals surface area contributed by atoms with Crippen LogP contribution in [0.3, 0.4) is 0 Å². The maximum Gasteiger partial charge on any atom is 0.243 e. The lowest BCUT2D eigenvalue weighted by molar-refractivity contribution is 0.0730. The SMILES string of the molecule is O=C(c1ccccc1)c1ccc(OCCOc2ccc(S(=O)(=O)N3CCOCC3)cc2)cc1. The highest BCUT2D eigenvalue weighted by molar-refractivity contribution is 7.89. The highest BCUT2D eigenvalue weighted by Crippen LogP contribution is 2.21. The number of benzene rings is 3. The van der Waals surface area contributed by atoms with Crippen molar-refractivity contribution < 1.29 is 27.4 Å². The smallest absolute Gasteiger partial charge is 0.243 e. The van der Waals surface area contributed by atoms with E-state index in [1.807, 2.05) is 18.2 Å². The van der Waals surface area contributed by atoms with Gasteiger partial charge in [-0.25, -0.2) is 8.42 Å². The number of hydrogen-bond acceptors (Lipinski definition) is 6. The molecule has 172 valence electrons. The molecule has 1 heterocycles. The van der Waals surface area contributed by atoms with E-state index in [2.05, 4.69) is 0 Å². The van der Waals surface area contributed by atoms with E-state index in [4.69, 9.17) is 14.2 Å². The van der Waals surface area contributed by atoms with Crippen LogP contribution in [-0.2, 0) is 14.8 Å². The molecule has 0 radical (unpaired) electrons. The van der Waals surface area contributed by atoms with E-state index in [1.54, 1.807) is 60.7 Å². The van der Waals surface area contributed by atoms with Gasteiger partial charge in [0.25, 0.3) is 0 Å². The molecule has 33 heavy (non-hydrogen) atoms. The third kappa shape index (κ3) is 5.78. The second kappa shape index (κ2) is 10.6. The molecule has 0 unspecified atom stereocenters. The first-order chi connectivity index (χ1) is 16.0. The van der Waals surface area contributed by atoms with Crippen molar-refractivity contribution in [2.24, 2.45) is 0 Å². The zero-order valence-corrected chi connectivity index (χ0v) is 18.9. The molecule has 0 aromatic heterocycles. The molecule has 0 N–H and O–H groups in total. The van der Waals surface area contributed by atoms with Gasteiger partial charge < -0.3 is 14.2 Å². The summed E-state index contributed by atoms with van der Waals surface area (Å²) in [7, 11) is -3.52. The number of ether oxygens (including phenoxy) is 3. The summed E-state index contributed by atoms with van der Waals surface area (Å²) in [5.74, 6) is 1.16. The summed E-state index contributed by atoms with van der Waals surface area (Å²) in [5.41, 5.74) is 1.24. The number of sulfonamides is 1. The molecule has 1 aliphatic heterocycles. The van der Waals surface area contributed by atoms with Gasteiger partial charge >= 0.3 is 0 Å². The molecule has 3 aromatic carbocycles. The van der Waals surface area contributed by atoms with E-state index in [0.717, 1.165) is 0 Å². The van der Waals surface area contributed by atoms with E-state index in [9.17, 15) is 13.2 Å². The first-order valence-electron chi connectivity index (χ1n) is 10.7. The van der Waals surface area contributed by atoms with E-state index in [1.165, 1.54) is 4.31 Å². The van der Waals surface area contributed by atoms with Crippen molar-refractivity contribution in [3.05, 3.63) is 90.0 Å². The molecule has 1 aliphatic rings. The Morgan fingerprint density at radius 3 is 1.85 bits per heavy atom. The maximum atomic E-state index is 12.7. The second-order valence-corrected chi connectivity index (χ2v) is 9.34. The van der Waals surface area contributed by atoms with E-state index in [-0.39, 0.29) is 10.7 Å². The van der Waals surface area contributed by atoms with Crippen LogP contribution in [0.25, 0.3) is 0 Å². The standard InChI is InChI=1S/C25H25NO6S/c27-25(20-4-2-1-3-5-20)21-6-8-22(9-7-21)31-18-19-32-23-10-12-24(13-11-23)33(28,29)26-14-16-30-17-15-26/h1-13H,14-19H2. The fourth-order valence-corrected chi connectivity index (χ4v) is 4.83. The molecule has 0 spiro atoms. The zero-order chi connectivity index (χ0) is 23.1. The van der Waals surface area contributed by atoms with Gasteiger partial charge in [0, 0.05) is 24.2 Å². The van der Waals surface area contributed by atoms with Crippen molar-refractivity contribution in [3.63, 3.8) is 0 Å². The van der Waals surface area contributed by atoms with Crippen molar-refractivity contribution in [2.45, 2.75) is 4.90 Å². The minimum absolute atomic E-state index is 0.0374. The first-order valence-corrected chi connectivity index (χ1v) is 12.1. The van der Waals surface area contributed by atoms with Crippen LogP contribution < -0.4 is 9.47 Å². The Bertz CT molecular complexity index is 1160. The fourth-order valence-electron chi connectivity index (χ4n) is 3.42. The molecule has 0 aliphatic carbocycles. The summed E-state index contributed by atoms with van der Waals surface area (Å²) in [4.78, 5) is 12.7. The van der Waals surface area contributed by atoms with Crippen LogP contribution in [0.4, 0.5) is 0 Å². The van der Waals surface area contributed by atoms with Gasteiger partial charge in [-0.05, 0) is 48.5 Å². The predicted octanol–water partition coefficient (Wildman–Crippen LogP) is 3.40. The van der Waals surface area contributed by atoms with E-state index >= 15 is 0 Å². The molecule has 0 bridgehead atoms. The van der Waals surface area contributed by atoms with Crippen molar-refractivity contribution in [3.8, 4) is 11.5 Å². The summed E-state index contributed by atoms with van der Waals surface area (Å²) in [6.07, 6.45) is 0. The lowest BCUT2D eigenvalue weighted by Gasteiger charge is -2.26. The van der Waals surface area contributed by atoms with Crippen LogP contribution in [0.1, 0.15) is 15.9 Å². The molecule has 1 fully saturated rings. The summed E-state index contributed by atoms with van der Waals surface area (Å²) < 4.78 is 43.3. The highest BCUT2D eigenvalue weighted by Gasteiger charge is 2.26. The molecule has 7 nitrogen and oxygen atoms in total. The Labute approximate surface area is 193 Å². The van der Waals surface area contributed by atoms with Gasteiger partial charge in [-0.15, -0.1) is 0 Å². The van der Waals surface area contributed by atoms with Crippen molar-refractivity contribution in [2.75, 3.05) is 39.5 Å². The van der Waals surface area contributed by atoms with Crippen LogP contribution in [0, 0.1) is 0 Å². The van der Waals surface area contributed by atoms with Crippen molar-refractivity contribution in [1.82, 2.24) is 4.31 Å². The molecule has 0 amide bonds. The largest absolute Gasteiger partial charge is 0.490 e. The Hall–Kier alpha value is -3.20. The van der Waals surface area contributed by atoms with Gasteiger partial charge in [0.2, 0.25) is 10.0 Å². The second-order valence-electron chi connectivity index (χ2n) is 7.40. The maximum absolute atomic E-state index is 12.7. The summed E-state index contributed by atoms with van der Waals surface area (Å²) in [6.45, 7) is 2.14. The number of carbonyl (C=O) groups excluding carboxylic acids is 1. The first kappa shape index (κ1) is 23.0. The molecule has 4 rings (SSSR count). The monoisotopic (exact) mass is 467 g/mol. The summed E-state index contributed by atoms with van der Waals surface area (Å²) >= 11 is 0. The van der Waals surface area contributed by atoms with Crippen LogP contribution in [0.5, 0.6) is 11.5 Å². The van der Waals surface area contributed by atoms with Gasteiger partial charge in [0.15, 0.2) is 5.78 Å². The predicted molar refractivity (Wildman–Crippen MR) is 123 cm³/mol. The normalized spacial score (nSPS) is 14.5. The van der Waals surface area contributed by atoms with Gasteiger partial charge in [-0.1, -0.05) is 30.3 Å². The Morgan fingerprint density at radius 2 is 1.27 bits per heavy atom. The van der Waals surface area contributed by atoms with Crippen LogP contribution in [-0.4, -0.2) is 58.0 Å². The van der Waals surface area contributed by atoms with Gasteiger partial charge in [0.05, 0.1) is 18.1 Å². The molecule has 3 aromatic rings. The topological polar surface area (TPSA) is 82.1 Å². The summed E-state index contributed by atoms with van der Waals surface area (Å²) in [6, 6.07) is 22.5. The Kier molecular flexibility index (Phi) is 7.39. The number of ketones is 1. The Morgan fingerprint density at radius 1 is 0.758 bits per heavy atom. The van der Waals surface area contributed by atoms with Gasteiger partial charge in [-0.2, -0.15) is 4.31 Å². The average molecular weight is 468 g/mol. The minimum atomic E-state index is -3.52. The third-order valence-electron chi connectivity index (χ3n) is 5.20. The quantitative estimate of drug-likeness (QED) is 0.354. The van der Waals surface area contributed by atoms with Crippen molar-refractivity contribution >= 4 is 15.8 Å². The number of morpholine rings is 1.